The van der Waals surface area contributed by atoms with Crippen LogP contribution in [0.1, 0.15) is 6.92 Å². The van der Waals surface area contributed by atoms with Gasteiger partial charge in [0.2, 0.25) is 15.9 Å². The maximum Gasteiger partial charge on any atom is 0.326 e. The molecule has 2 N–H and O–H groups in total. The number of carbonyl (C=O) groups excluding carboxylic acids is 1. The molecule has 0 saturated carbocycles. The Bertz CT molecular complexity index is 732. The van der Waals surface area contributed by atoms with Gasteiger partial charge < -0.3 is 10.0 Å². The summed E-state index contributed by atoms with van der Waals surface area (Å²) in [5, 5.41) is 19.6. The summed E-state index contributed by atoms with van der Waals surface area (Å²) in [4.78, 5) is 32.8. The number of hydrogen-bond acceptors (Lipinski definition) is 6. The Morgan fingerprint density at radius 2 is 1.96 bits per heavy atom. The van der Waals surface area contributed by atoms with Crippen LogP contribution < -0.4 is 4.72 Å². The number of para-hydroxylation sites is 1. The molecule has 0 radical (unpaired) electrons. The number of carboxylic acid groups (broad SMARTS) is 1. The number of sulfonamides is 1. The molecule has 1 unspecified atom stereocenters. The Balaban J connectivity index is 2.91. The molecule has 1 atom stereocenters. The molecule has 10 nitrogen and oxygen atoms in total. The highest BCUT2D eigenvalue weighted by Gasteiger charge is 2.27. The van der Waals surface area contributed by atoms with E-state index in [1.807, 2.05) is 4.72 Å². The van der Waals surface area contributed by atoms with Gasteiger partial charge in [-0.05, 0) is 13.0 Å². The summed E-state index contributed by atoms with van der Waals surface area (Å²) >= 11 is 0. The predicted octanol–water partition coefficient (Wildman–Crippen LogP) is -0.195. The van der Waals surface area contributed by atoms with E-state index in [0.29, 0.717) is 0 Å². The average molecular weight is 345 g/mol. The Labute approximate surface area is 131 Å². The fourth-order valence-electron chi connectivity index (χ4n) is 1.58. The molecule has 0 aliphatic carbocycles. The van der Waals surface area contributed by atoms with Crippen LogP contribution in [-0.4, -0.2) is 54.9 Å². The summed E-state index contributed by atoms with van der Waals surface area (Å²) in [6.45, 7) is 0.541. The SMILES string of the molecule is CC(C(=O)O)N(C)C(=O)CNS(=O)(=O)c1ccccc1[N+](=O)[O-]. The quantitative estimate of drug-likeness (QED) is 0.514. The van der Waals surface area contributed by atoms with Crippen LogP contribution in [0.4, 0.5) is 5.69 Å². The summed E-state index contributed by atoms with van der Waals surface area (Å²) in [6.07, 6.45) is 0. The minimum Gasteiger partial charge on any atom is -0.480 e. The van der Waals surface area contributed by atoms with Crippen molar-refractivity contribution >= 4 is 27.6 Å². The predicted molar refractivity (Wildman–Crippen MR) is 78.2 cm³/mol. The monoisotopic (exact) mass is 345 g/mol. The van der Waals surface area contributed by atoms with Gasteiger partial charge in [-0.1, -0.05) is 12.1 Å². The molecule has 1 aromatic carbocycles. The van der Waals surface area contributed by atoms with Crippen molar-refractivity contribution in [2.75, 3.05) is 13.6 Å². The Kier molecular flexibility index (Phi) is 5.76. The van der Waals surface area contributed by atoms with E-state index in [0.717, 1.165) is 17.0 Å². The second-order valence-corrected chi connectivity index (χ2v) is 6.30. The van der Waals surface area contributed by atoms with Gasteiger partial charge in [0.15, 0.2) is 4.90 Å². The Morgan fingerprint density at radius 3 is 2.48 bits per heavy atom. The Morgan fingerprint density at radius 1 is 1.39 bits per heavy atom. The lowest BCUT2D eigenvalue weighted by Gasteiger charge is -2.21. The van der Waals surface area contributed by atoms with E-state index in [4.69, 9.17) is 5.11 Å². The van der Waals surface area contributed by atoms with E-state index in [2.05, 4.69) is 0 Å². The minimum atomic E-state index is -4.30. The minimum absolute atomic E-state index is 0.577. The third kappa shape index (κ3) is 4.47. The van der Waals surface area contributed by atoms with Crippen LogP contribution in [0.3, 0.4) is 0 Å². The molecule has 0 fully saturated rings. The summed E-state index contributed by atoms with van der Waals surface area (Å²) in [6, 6.07) is 3.54. The van der Waals surface area contributed by atoms with E-state index in [1.54, 1.807) is 0 Å². The highest BCUT2D eigenvalue weighted by Crippen LogP contribution is 2.22. The largest absolute Gasteiger partial charge is 0.480 e. The van der Waals surface area contributed by atoms with Crippen molar-refractivity contribution in [3.05, 3.63) is 34.4 Å². The Hall–Kier alpha value is -2.53. The molecule has 0 saturated heterocycles. The number of carboxylic acids is 1. The maximum absolute atomic E-state index is 12.1. The maximum atomic E-state index is 12.1. The third-order valence-corrected chi connectivity index (χ3v) is 4.55. The molecule has 0 aliphatic rings. The zero-order valence-corrected chi connectivity index (χ0v) is 13.1. The van der Waals surface area contributed by atoms with Gasteiger partial charge in [-0.3, -0.25) is 14.9 Å². The molecule has 0 bridgehead atoms. The van der Waals surface area contributed by atoms with Gasteiger partial charge in [-0.15, -0.1) is 0 Å². The molecular weight excluding hydrogens is 330 g/mol. The fourth-order valence-corrected chi connectivity index (χ4v) is 2.72. The van der Waals surface area contributed by atoms with Crippen molar-refractivity contribution in [3.63, 3.8) is 0 Å². The normalized spacial score (nSPS) is 12.4. The van der Waals surface area contributed by atoms with Crippen LogP contribution in [0.2, 0.25) is 0 Å². The number of benzene rings is 1. The van der Waals surface area contributed by atoms with E-state index in [9.17, 15) is 28.1 Å². The number of rotatable bonds is 7. The molecule has 126 valence electrons. The van der Waals surface area contributed by atoms with Gasteiger partial charge in [0, 0.05) is 13.1 Å². The highest BCUT2D eigenvalue weighted by atomic mass is 32.2. The van der Waals surface area contributed by atoms with Gasteiger partial charge in [-0.25, -0.2) is 17.9 Å². The summed E-state index contributed by atoms with van der Waals surface area (Å²) < 4.78 is 26.1. The molecule has 0 aromatic heterocycles. The van der Waals surface area contributed by atoms with E-state index in [1.165, 1.54) is 26.1 Å². The smallest absolute Gasteiger partial charge is 0.326 e. The van der Waals surface area contributed by atoms with Crippen LogP contribution in [-0.2, 0) is 19.6 Å². The molecule has 11 heteroatoms. The van der Waals surface area contributed by atoms with Gasteiger partial charge in [0.25, 0.3) is 5.69 Å². The van der Waals surface area contributed by atoms with Gasteiger partial charge >= 0.3 is 5.97 Å². The van der Waals surface area contributed by atoms with E-state index in [-0.39, 0.29) is 0 Å². The topological polar surface area (TPSA) is 147 Å². The lowest BCUT2D eigenvalue weighted by Crippen LogP contribution is -2.45. The van der Waals surface area contributed by atoms with Gasteiger partial charge in [0.1, 0.15) is 6.04 Å². The zero-order chi connectivity index (χ0) is 17.8. The number of carbonyl (C=O) groups is 2. The molecule has 1 amide bonds. The summed E-state index contributed by atoms with van der Waals surface area (Å²) in [7, 11) is -3.09. The first-order chi connectivity index (χ1) is 10.6. The first kappa shape index (κ1) is 18.5. The van der Waals surface area contributed by atoms with E-state index < -0.39 is 50.0 Å². The number of aliphatic carboxylic acids is 1. The molecule has 23 heavy (non-hydrogen) atoms. The van der Waals surface area contributed by atoms with Crippen LogP contribution in [0.15, 0.2) is 29.2 Å². The first-order valence-corrected chi connectivity index (χ1v) is 7.77. The number of likely N-dealkylation sites (N-methyl/N-ethyl adjacent to an activating group) is 1. The van der Waals surface area contributed by atoms with Crippen molar-refractivity contribution in [1.82, 2.24) is 9.62 Å². The van der Waals surface area contributed by atoms with Crippen LogP contribution in [0.25, 0.3) is 0 Å². The van der Waals surface area contributed by atoms with Crippen molar-refractivity contribution in [2.45, 2.75) is 17.9 Å². The average Bonchev–Trinajstić information content (AvgIpc) is 2.51. The first-order valence-electron chi connectivity index (χ1n) is 6.29. The third-order valence-electron chi connectivity index (χ3n) is 3.10. The van der Waals surface area contributed by atoms with Crippen molar-refractivity contribution in [2.24, 2.45) is 0 Å². The molecule has 0 heterocycles. The molecule has 1 aromatic rings. The summed E-state index contributed by atoms with van der Waals surface area (Å²) in [5.41, 5.74) is -0.625. The highest BCUT2D eigenvalue weighted by molar-refractivity contribution is 7.89. The summed E-state index contributed by atoms with van der Waals surface area (Å²) in [5.74, 6) is -2.04. The second kappa shape index (κ2) is 7.15. The number of nitro benzene ring substituents is 1. The van der Waals surface area contributed by atoms with Crippen LogP contribution in [0, 0.1) is 10.1 Å². The number of amides is 1. The second-order valence-electron chi connectivity index (χ2n) is 4.57. The van der Waals surface area contributed by atoms with Crippen molar-refractivity contribution < 1.29 is 28.0 Å². The molecular formula is C12H15N3O7S. The van der Waals surface area contributed by atoms with E-state index >= 15 is 0 Å². The lowest BCUT2D eigenvalue weighted by atomic mass is 10.3. The van der Waals surface area contributed by atoms with Crippen LogP contribution >= 0.6 is 0 Å². The lowest BCUT2D eigenvalue weighted by molar-refractivity contribution is -0.387. The van der Waals surface area contributed by atoms with Crippen molar-refractivity contribution in [1.29, 1.82) is 0 Å². The molecule has 1 rings (SSSR count). The number of hydrogen-bond donors (Lipinski definition) is 2. The van der Waals surface area contributed by atoms with Gasteiger partial charge in [0.05, 0.1) is 11.5 Å². The number of nitro groups is 1. The number of nitrogens with one attached hydrogen (secondary N) is 1. The van der Waals surface area contributed by atoms with Crippen molar-refractivity contribution in [3.8, 4) is 0 Å². The van der Waals surface area contributed by atoms with Gasteiger partial charge in [-0.2, -0.15) is 0 Å². The fraction of sp³-hybridized carbons (Fsp3) is 0.333. The molecule has 0 aliphatic heterocycles. The number of nitrogens with zero attached hydrogens (tertiary/aromatic N) is 2. The zero-order valence-electron chi connectivity index (χ0n) is 12.3. The molecule has 0 spiro atoms. The standard InChI is InChI=1S/C12H15N3O7S/c1-8(12(17)18)14(2)11(16)7-13-23(21,22)10-6-4-3-5-9(10)15(19)20/h3-6,8,13H,7H2,1-2H3,(H,17,18). The van der Waals surface area contributed by atoms with Crippen LogP contribution in [0.5, 0.6) is 0 Å².